The summed E-state index contributed by atoms with van der Waals surface area (Å²) in [4.78, 5) is 0. The molecule has 11 heteroatoms. The summed E-state index contributed by atoms with van der Waals surface area (Å²) in [6.07, 6.45) is -21.2. The number of hydrogen-bond donors (Lipinski definition) is 0. The van der Waals surface area contributed by atoms with Crippen LogP contribution in [-0.2, 0) is 9.47 Å². The van der Waals surface area contributed by atoms with Crippen LogP contribution in [0.2, 0.25) is 0 Å². The molecule has 2 nitrogen and oxygen atoms in total. The lowest BCUT2D eigenvalue weighted by atomic mass is 9.82. The summed E-state index contributed by atoms with van der Waals surface area (Å²) in [6.45, 7) is 1.61. The van der Waals surface area contributed by atoms with E-state index in [0.29, 0.717) is 0 Å². The van der Waals surface area contributed by atoms with E-state index < -0.39 is 42.8 Å². The van der Waals surface area contributed by atoms with Gasteiger partial charge in [0.05, 0.1) is 19.0 Å². The number of alkyl halides is 9. The molecule has 2 atom stereocenters. The van der Waals surface area contributed by atoms with Crippen molar-refractivity contribution < 1.29 is 49.0 Å². The van der Waals surface area contributed by atoms with Crippen molar-refractivity contribution in [1.82, 2.24) is 0 Å². The molecule has 0 amide bonds. The normalized spacial score (nSPS) is 22.4. The Morgan fingerprint density at radius 1 is 1.00 bits per heavy atom. The van der Waals surface area contributed by atoms with Crippen molar-refractivity contribution in [2.24, 2.45) is 5.92 Å². The highest BCUT2D eigenvalue weighted by Crippen LogP contribution is 2.57. The molecule has 0 spiro atoms. The Morgan fingerprint density at radius 2 is 1.40 bits per heavy atom. The van der Waals surface area contributed by atoms with Crippen LogP contribution in [-0.4, -0.2) is 36.8 Å². The number of ether oxygens (including phenoxy) is 2. The van der Waals surface area contributed by atoms with Gasteiger partial charge in [-0.15, -0.1) is 0 Å². The topological polar surface area (TPSA) is 21.8 Å². The van der Waals surface area contributed by atoms with E-state index in [9.17, 15) is 39.5 Å². The molecular weight excluding hydrogens is 311 g/mol. The average molecular weight is 318 g/mol. The highest BCUT2D eigenvalue weighted by molar-refractivity contribution is 5.09. The van der Waals surface area contributed by atoms with Crippen LogP contribution in [0.15, 0.2) is 12.8 Å². The standard InChI is InChI=1S/C9H7F9O2/c1-2-20-6(8(13,14)15,9(16,17)18)5(4-3-19-4)7(10,11)12/h2,4-5H,1,3H2. The number of hydrogen-bond acceptors (Lipinski definition) is 2. The van der Waals surface area contributed by atoms with E-state index in [1.807, 2.05) is 0 Å². The first-order valence-electron chi connectivity index (χ1n) is 4.89. The van der Waals surface area contributed by atoms with E-state index in [-0.39, 0.29) is 6.26 Å². The van der Waals surface area contributed by atoms with Gasteiger partial charge in [-0.2, -0.15) is 39.5 Å². The van der Waals surface area contributed by atoms with E-state index in [1.165, 1.54) is 0 Å². The number of rotatable bonds is 4. The molecule has 1 heterocycles. The minimum atomic E-state index is -6.37. The first kappa shape index (κ1) is 16.9. The zero-order valence-electron chi connectivity index (χ0n) is 9.36. The third kappa shape index (κ3) is 2.67. The molecule has 0 N–H and O–H groups in total. The summed E-state index contributed by atoms with van der Waals surface area (Å²) >= 11 is 0. The fraction of sp³-hybridized carbons (Fsp3) is 0.778. The van der Waals surface area contributed by atoms with Gasteiger partial charge >= 0.3 is 24.1 Å². The molecular formula is C9H7F9O2. The molecule has 0 aromatic carbocycles. The lowest BCUT2D eigenvalue weighted by molar-refractivity contribution is -0.412. The van der Waals surface area contributed by atoms with Gasteiger partial charge in [0.15, 0.2) is 0 Å². The van der Waals surface area contributed by atoms with Crippen molar-refractivity contribution in [1.29, 1.82) is 0 Å². The molecule has 0 aromatic heterocycles. The summed E-state index contributed by atoms with van der Waals surface area (Å²) in [5, 5.41) is 0. The van der Waals surface area contributed by atoms with Crippen molar-refractivity contribution in [3.8, 4) is 0 Å². The Balaban J connectivity index is 3.52. The second-order valence-corrected chi connectivity index (χ2v) is 3.91. The van der Waals surface area contributed by atoms with Gasteiger partial charge < -0.3 is 9.47 Å². The zero-order valence-corrected chi connectivity index (χ0v) is 9.36. The Morgan fingerprint density at radius 3 is 1.60 bits per heavy atom. The highest BCUT2D eigenvalue weighted by atomic mass is 19.4. The largest absolute Gasteiger partial charge is 0.476 e. The molecule has 1 saturated heterocycles. The minimum absolute atomic E-state index is 0.317. The fourth-order valence-electron chi connectivity index (χ4n) is 1.80. The van der Waals surface area contributed by atoms with E-state index in [2.05, 4.69) is 16.1 Å². The van der Waals surface area contributed by atoms with E-state index >= 15 is 0 Å². The van der Waals surface area contributed by atoms with Crippen molar-refractivity contribution in [2.75, 3.05) is 6.61 Å². The molecule has 0 saturated carbocycles. The van der Waals surface area contributed by atoms with Gasteiger partial charge in [0, 0.05) is 0 Å². The van der Waals surface area contributed by atoms with E-state index in [0.717, 1.165) is 0 Å². The predicted octanol–water partition coefficient (Wildman–Crippen LogP) is 3.59. The average Bonchev–Trinajstić information content (AvgIpc) is 2.94. The smallest absolute Gasteiger partial charge is 0.438 e. The first-order chi connectivity index (χ1) is 8.79. The second kappa shape index (κ2) is 4.71. The van der Waals surface area contributed by atoms with Gasteiger partial charge in [-0.1, -0.05) is 6.58 Å². The van der Waals surface area contributed by atoms with Crippen molar-refractivity contribution in [2.45, 2.75) is 30.2 Å². The molecule has 1 aliphatic heterocycles. The van der Waals surface area contributed by atoms with Gasteiger partial charge in [-0.25, -0.2) is 0 Å². The summed E-state index contributed by atoms with van der Waals surface area (Å²) in [6, 6.07) is 0. The summed E-state index contributed by atoms with van der Waals surface area (Å²) in [5.41, 5.74) is -5.46. The molecule has 0 bridgehead atoms. The van der Waals surface area contributed by atoms with Crippen molar-refractivity contribution in [3.05, 3.63) is 12.8 Å². The quantitative estimate of drug-likeness (QED) is 0.449. The van der Waals surface area contributed by atoms with Crippen molar-refractivity contribution in [3.63, 3.8) is 0 Å². The molecule has 1 fully saturated rings. The van der Waals surface area contributed by atoms with Gasteiger partial charge in [0.2, 0.25) is 0 Å². The van der Waals surface area contributed by atoms with Crippen LogP contribution in [0.25, 0.3) is 0 Å². The van der Waals surface area contributed by atoms with Crippen LogP contribution in [0.4, 0.5) is 39.5 Å². The lowest BCUT2D eigenvalue weighted by Crippen LogP contribution is -2.67. The molecule has 2 unspecified atom stereocenters. The van der Waals surface area contributed by atoms with Crippen LogP contribution in [0.3, 0.4) is 0 Å². The van der Waals surface area contributed by atoms with Crippen LogP contribution in [0, 0.1) is 5.92 Å². The maximum Gasteiger partial charge on any atom is 0.438 e. The third-order valence-electron chi connectivity index (χ3n) is 2.63. The maximum atomic E-state index is 12.8. The Hall–Kier alpha value is -1.13. The van der Waals surface area contributed by atoms with Crippen LogP contribution in [0.5, 0.6) is 0 Å². The molecule has 0 aliphatic carbocycles. The van der Waals surface area contributed by atoms with Crippen molar-refractivity contribution >= 4 is 0 Å². The maximum absolute atomic E-state index is 12.8. The lowest BCUT2D eigenvalue weighted by Gasteiger charge is -2.41. The van der Waals surface area contributed by atoms with Crippen LogP contribution in [0.1, 0.15) is 0 Å². The van der Waals surface area contributed by atoms with Gasteiger partial charge in [0.25, 0.3) is 0 Å². The van der Waals surface area contributed by atoms with Gasteiger partial charge in [0.1, 0.15) is 5.92 Å². The Kier molecular flexibility index (Phi) is 3.98. The van der Waals surface area contributed by atoms with Crippen LogP contribution >= 0.6 is 0 Å². The fourth-order valence-corrected chi connectivity index (χ4v) is 1.80. The first-order valence-corrected chi connectivity index (χ1v) is 4.89. The molecule has 1 aliphatic rings. The predicted molar refractivity (Wildman–Crippen MR) is 45.4 cm³/mol. The SMILES string of the molecule is C=COC(C(C1CO1)C(F)(F)F)(C(F)(F)F)C(F)(F)F. The molecule has 1 rings (SSSR count). The van der Waals surface area contributed by atoms with Gasteiger partial charge in [-0.05, 0) is 0 Å². The number of epoxide rings is 1. The Labute approximate surface area is 106 Å². The third-order valence-corrected chi connectivity index (χ3v) is 2.63. The zero-order chi connectivity index (χ0) is 16.0. The summed E-state index contributed by atoms with van der Waals surface area (Å²) < 4.78 is 122. The van der Waals surface area contributed by atoms with E-state index in [1.54, 1.807) is 0 Å². The van der Waals surface area contributed by atoms with Crippen LogP contribution < -0.4 is 0 Å². The van der Waals surface area contributed by atoms with Gasteiger partial charge in [-0.3, -0.25) is 0 Å². The molecule has 118 valence electrons. The second-order valence-electron chi connectivity index (χ2n) is 3.91. The Bertz CT molecular complexity index is 349. The highest BCUT2D eigenvalue weighted by Gasteiger charge is 2.83. The molecule has 20 heavy (non-hydrogen) atoms. The van der Waals surface area contributed by atoms with E-state index in [4.69, 9.17) is 0 Å². The minimum Gasteiger partial charge on any atom is -0.476 e. The summed E-state index contributed by atoms with van der Waals surface area (Å²) in [5.74, 6) is -3.94. The summed E-state index contributed by atoms with van der Waals surface area (Å²) in [7, 11) is 0. The monoisotopic (exact) mass is 318 g/mol. The number of halogens is 9. The molecule has 0 radical (unpaired) electrons. The molecule has 0 aromatic rings.